The van der Waals surface area contributed by atoms with Crippen molar-refractivity contribution < 1.29 is 9.47 Å². The predicted molar refractivity (Wildman–Crippen MR) is 77.0 cm³/mol. The van der Waals surface area contributed by atoms with E-state index >= 15 is 0 Å². The van der Waals surface area contributed by atoms with Gasteiger partial charge in [-0.25, -0.2) is 0 Å². The zero-order valence-corrected chi connectivity index (χ0v) is 10.7. The van der Waals surface area contributed by atoms with E-state index in [1.54, 1.807) is 7.11 Å². The molecule has 3 aromatic rings. The fourth-order valence-electron chi connectivity index (χ4n) is 2.03. The van der Waals surface area contributed by atoms with Gasteiger partial charge in [0.1, 0.15) is 17.2 Å². The average Bonchev–Trinajstić information content (AvgIpc) is 2.47. The number of ether oxygens (including phenoxy) is 2. The summed E-state index contributed by atoms with van der Waals surface area (Å²) in [6.07, 6.45) is 0. The van der Waals surface area contributed by atoms with E-state index in [-0.39, 0.29) is 0 Å². The van der Waals surface area contributed by atoms with Crippen molar-refractivity contribution >= 4 is 10.8 Å². The summed E-state index contributed by atoms with van der Waals surface area (Å²) in [5.74, 6) is 2.39. The van der Waals surface area contributed by atoms with Crippen LogP contribution in [0.1, 0.15) is 0 Å². The number of rotatable bonds is 3. The molecule has 0 atom stereocenters. The van der Waals surface area contributed by atoms with E-state index in [1.807, 2.05) is 48.5 Å². The van der Waals surface area contributed by atoms with Crippen LogP contribution in [0.15, 0.2) is 66.7 Å². The van der Waals surface area contributed by atoms with Crippen LogP contribution in [0.25, 0.3) is 10.8 Å². The first kappa shape index (κ1) is 11.6. The molecule has 0 aliphatic carbocycles. The van der Waals surface area contributed by atoms with Crippen molar-refractivity contribution in [1.29, 1.82) is 0 Å². The molecule has 0 N–H and O–H groups in total. The van der Waals surface area contributed by atoms with Gasteiger partial charge in [0.25, 0.3) is 0 Å². The Morgan fingerprint density at radius 2 is 1.37 bits per heavy atom. The van der Waals surface area contributed by atoms with Crippen molar-refractivity contribution in [1.82, 2.24) is 0 Å². The van der Waals surface area contributed by atoms with E-state index < -0.39 is 0 Å². The highest BCUT2D eigenvalue weighted by Crippen LogP contribution is 2.27. The van der Waals surface area contributed by atoms with Crippen LogP contribution in [0.5, 0.6) is 17.2 Å². The summed E-state index contributed by atoms with van der Waals surface area (Å²) in [6.45, 7) is 0. The van der Waals surface area contributed by atoms with E-state index in [1.165, 1.54) is 10.8 Å². The van der Waals surface area contributed by atoms with Crippen LogP contribution in [-0.4, -0.2) is 7.11 Å². The maximum absolute atomic E-state index is 5.85. The number of benzene rings is 3. The summed E-state index contributed by atoms with van der Waals surface area (Å²) >= 11 is 0. The molecule has 0 radical (unpaired) electrons. The maximum Gasteiger partial charge on any atom is 0.131 e. The summed E-state index contributed by atoms with van der Waals surface area (Å²) in [6, 6.07) is 21.9. The predicted octanol–water partition coefficient (Wildman–Crippen LogP) is 4.64. The molecule has 2 nitrogen and oxygen atoms in total. The minimum absolute atomic E-state index is 0.773. The second kappa shape index (κ2) is 5.02. The van der Waals surface area contributed by atoms with Crippen molar-refractivity contribution in [3.05, 3.63) is 66.7 Å². The lowest BCUT2D eigenvalue weighted by Crippen LogP contribution is -1.86. The molecule has 0 amide bonds. The maximum atomic E-state index is 5.85. The first-order chi connectivity index (χ1) is 9.35. The second-order valence-electron chi connectivity index (χ2n) is 4.29. The highest BCUT2D eigenvalue weighted by atomic mass is 16.5. The second-order valence-corrected chi connectivity index (χ2v) is 4.29. The van der Waals surface area contributed by atoms with Crippen LogP contribution >= 0.6 is 0 Å². The van der Waals surface area contributed by atoms with Crippen molar-refractivity contribution in [2.24, 2.45) is 0 Å². The zero-order valence-electron chi connectivity index (χ0n) is 10.7. The van der Waals surface area contributed by atoms with Crippen LogP contribution < -0.4 is 9.47 Å². The normalized spacial score (nSPS) is 10.4. The SMILES string of the molecule is COc1cccc(Oc2ccc3ccccc3c2)c1. The first-order valence-corrected chi connectivity index (χ1v) is 6.16. The minimum atomic E-state index is 0.773. The van der Waals surface area contributed by atoms with Gasteiger partial charge in [-0.05, 0) is 35.0 Å². The van der Waals surface area contributed by atoms with Crippen molar-refractivity contribution in [3.8, 4) is 17.2 Å². The van der Waals surface area contributed by atoms with E-state index in [2.05, 4.69) is 18.2 Å². The van der Waals surface area contributed by atoms with Crippen LogP contribution in [0.4, 0.5) is 0 Å². The fraction of sp³-hybridized carbons (Fsp3) is 0.0588. The molecule has 0 aliphatic heterocycles. The Kier molecular flexibility index (Phi) is 3.07. The highest BCUT2D eigenvalue weighted by molar-refractivity contribution is 5.83. The van der Waals surface area contributed by atoms with Gasteiger partial charge in [-0.3, -0.25) is 0 Å². The quantitative estimate of drug-likeness (QED) is 0.674. The molecule has 0 saturated carbocycles. The molecule has 0 unspecified atom stereocenters. The van der Waals surface area contributed by atoms with E-state index in [9.17, 15) is 0 Å². The molecule has 0 aromatic heterocycles. The summed E-state index contributed by atoms with van der Waals surface area (Å²) < 4.78 is 11.0. The molecule has 0 heterocycles. The minimum Gasteiger partial charge on any atom is -0.497 e. The van der Waals surface area contributed by atoms with Gasteiger partial charge >= 0.3 is 0 Å². The van der Waals surface area contributed by atoms with E-state index in [4.69, 9.17) is 9.47 Å². The number of hydrogen-bond donors (Lipinski definition) is 0. The molecule has 3 aromatic carbocycles. The lowest BCUT2D eigenvalue weighted by atomic mass is 10.1. The smallest absolute Gasteiger partial charge is 0.131 e. The summed E-state index contributed by atoms with van der Waals surface area (Å²) in [5.41, 5.74) is 0. The Balaban J connectivity index is 1.92. The van der Waals surface area contributed by atoms with Crippen LogP contribution in [0.3, 0.4) is 0 Å². The first-order valence-electron chi connectivity index (χ1n) is 6.16. The Morgan fingerprint density at radius 3 is 2.21 bits per heavy atom. The van der Waals surface area contributed by atoms with Gasteiger partial charge in [-0.15, -0.1) is 0 Å². The van der Waals surface area contributed by atoms with Gasteiger partial charge in [0, 0.05) is 6.07 Å². The molecule has 0 bridgehead atoms. The molecular formula is C17H14O2. The largest absolute Gasteiger partial charge is 0.497 e. The summed E-state index contributed by atoms with van der Waals surface area (Å²) in [4.78, 5) is 0. The fourth-order valence-corrected chi connectivity index (χ4v) is 2.03. The molecule has 0 spiro atoms. The van der Waals surface area contributed by atoms with Gasteiger partial charge in [0.2, 0.25) is 0 Å². The Hall–Kier alpha value is -2.48. The molecule has 2 heteroatoms. The number of hydrogen-bond acceptors (Lipinski definition) is 2. The van der Waals surface area contributed by atoms with E-state index in [0.717, 1.165) is 17.2 Å². The topological polar surface area (TPSA) is 18.5 Å². The third-order valence-electron chi connectivity index (χ3n) is 3.00. The zero-order chi connectivity index (χ0) is 13.1. The highest BCUT2D eigenvalue weighted by Gasteiger charge is 2.00. The van der Waals surface area contributed by atoms with Gasteiger partial charge in [-0.1, -0.05) is 36.4 Å². The molecule has 3 rings (SSSR count). The van der Waals surface area contributed by atoms with Gasteiger partial charge in [-0.2, -0.15) is 0 Å². The van der Waals surface area contributed by atoms with Crippen LogP contribution in [0, 0.1) is 0 Å². The number of fused-ring (bicyclic) bond motifs is 1. The van der Waals surface area contributed by atoms with Crippen molar-refractivity contribution in [2.75, 3.05) is 7.11 Å². The lowest BCUT2D eigenvalue weighted by Gasteiger charge is -2.08. The van der Waals surface area contributed by atoms with Crippen molar-refractivity contribution in [3.63, 3.8) is 0 Å². The van der Waals surface area contributed by atoms with E-state index in [0.29, 0.717) is 0 Å². The van der Waals surface area contributed by atoms with Gasteiger partial charge in [0.05, 0.1) is 7.11 Å². The third kappa shape index (κ3) is 2.52. The molecule has 0 aliphatic rings. The summed E-state index contributed by atoms with van der Waals surface area (Å²) in [5, 5.41) is 2.38. The van der Waals surface area contributed by atoms with Crippen LogP contribution in [0.2, 0.25) is 0 Å². The van der Waals surface area contributed by atoms with Gasteiger partial charge < -0.3 is 9.47 Å². The molecule has 94 valence electrons. The molecule has 0 fully saturated rings. The summed E-state index contributed by atoms with van der Waals surface area (Å²) in [7, 11) is 1.65. The Bertz CT molecular complexity index is 704. The average molecular weight is 250 g/mol. The molecule has 19 heavy (non-hydrogen) atoms. The van der Waals surface area contributed by atoms with Crippen LogP contribution in [-0.2, 0) is 0 Å². The number of methoxy groups -OCH3 is 1. The Morgan fingerprint density at radius 1 is 0.632 bits per heavy atom. The Labute approximate surface area is 112 Å². The van der Waals surface area contributed by atoms with Gasteiger partial charge in [0.15, 0.2) is 0 Å². The molecular weight excluding hydrogens is 236 g/mol. The monoisotopic (exact) mass is 250 g/mol. The lowest BCUT2D eigenvalue weighted by molar-refractivity contribution is 0.409. The van der Waals surface area contributed by atoms with Crippen molar-refractivity contribution in [2.45, 2.75) is 0 Å². The standard InChI is InChI=1S/C17H14O2/c1-18-15-7-4-8-16(12-15)19-17-10-9-13-5-2-3-6-14(13)11-17/h2-12H,1H3. The third-order valence-corrected chi connectivity index (χ3v) is 3.00. The molecule has 0 saturated heterocycles.